The number of rotatable bonds is 5. The zero-order chi connectivity index (χ0) is 11.5. The van der Waals surface area contributed by atoms with E-state index in [0.717, 1.165) is 19.4 Å². The molecule has 1 aromatic heterocycles. The topological polar surface area (TPSA) is 26.0 Å². The first-order chi connectivity index (χ1) is 6.94. The summed E-state index contributed by atoms with van der Waals surface area (Å²) in [5.41, 5.74) is 5.96. The summed E-state index contributed by atoms with van der Waals surface area (Å²) in [4.78, 5) is 1.43. The van der Waals surface area contributed by atoms with E-state index in [1.807, 2.05) is 11.3 Å². The fraction of sp³-hybridized carbons (Fsp3) is 0.636. The Kier molecular flexibility index (Phi) is 5.29. The Bertz CT molecular complexity index is 301. The maximum Gasteiger partial charge on any atom is 0.0843 e. The van der Waals surface area contributed by atoms with Crippen LogP contribution < -0.4 is 5.73 Å². The number of hydrogen-bond donors (Lipinski definition) is 1. The molecule has 0 fully saturated rings. The van der Waals surface area contributed by atoms with Crippen molar-refractivity contribution in [1.29, 1.82) is 0 Å². The zero-order valence-electron chi connectivity index (χ0n) is 9.15. The highest BCUT2D eigenvalue weighted by atomic mass is 79.9. The lowest BCUT2D eigenvalue weighted by Crippen LogP contribution is -2.17. The molecule has 0 aliphatic carbocycles. The fourth-order valence-electron chi connectivity index (χ4n) is 1.49. The number of nitrogens with two attached hydrogens (primary N) is 1. The van der Waals surface area contributed by atoms with E-state index < -0.39 is 0 Å². The van der Waals surface area contributed by atoms with Gasteiger partial charge >= 0.3 is 0 Å². The van der Waals surface area contributed by atoms with Crippen LogP contribution in [0.3, 0.4) is 0 Å². The predicted octanol–water partition coefficient (Wildman–Crippen LogP) is 4.58. The van der Waals surface area contributed by atoms with Gasteiger partial charge in [-0.1, -0.05) is 13.8 Å². The van der Waals surface area contributed by atoms with Crippen LogP contribution in [-0.2, 0) is 6.42 Å². The number of hydrogen-bond acceptors (Lipinski definition) is 2. The first-order valence-corrected chi connectivity index (χ1v) is 7.48. The van der Waals surface area contributed by atoms with Crippen molar-refractivity contribution in [2.75, 3.05) is 6.54 Å². The van der Waals surface area contributed by atoms with Gasteiger partial charge in [0.2, 0.25) is 0 Å². The van der Waals surface area contributed by atoms with Crippen LogP contribution in [0.1, 0.15) is 31.6 Å². The van der Waals surface area contributed by atoms with Crippen LogP contribution >= 0.6 is 43.2 Å². The van der Waals surface area contributed by atoms with Crippen LogP contribution in [0.25, 0.3) is 0 Å². The van der Waals surface area contributed by atoms with Crippen LogP contribution in [0.2, 0.25) is 0 Å². The molecule has 0 aliphatic heterocycles. The molecule has 1 aromatic rings. The van der Waals surface area contributed by atoms with Crippen LogP contribution in [0.5, 0.6) is 0 Å². The maximum atomic E-state index is 5.60. The van der Waals surface area contributed by atoms with E-state index in [1.54, 1.807) is 0 Å². The molecule has 0 spiro atoms. The summed E-state index contributed by atoms with van der Waals surface area (Å²) < 4.78 is 2.35. The Hall–Kier alpha value is 0.620. The zero-order valence-corrected chi connectivity index (χ0v) is 13.1. The molecule has 0 saturated heterocycles. The minimum Gasteiger partial charge on any atom is -0.330 e. The second-order valence-corrected chi connectivity index (χ2v) is 7.85. The first kappa shape index (κ1) is 13.7. The van der Waals surface area contributed by atoms with Gasteiger partial charge in [0.1, 0.15) is 0 Å². The average Bonchev–Trinajstić information content (AvgIpc) is 2.44. The lowest BCUT2D eigenvalue weighted by molar-refractivity contribution is 0.314. The number of thiophene rings is 1. The molecule has 1 nitrogen and oxygen atoms in total. The Morgan fingerprint density at radius 1 is 1.33 bits per heavy atom. The molecule has 2 N–H and O–H groups in total. The van der Waals surface area contributed by atoms with Gasteiger partial charge in [-0.05, 0) is 69.1 Å². The molecule has 1 rings (SSSR count). The molecule has 86 valence electrons. The molecule has 1 heterocycles. The molecule has 4 heteroatoms. The molecule has 0 radical (unpaired) electrons. The predicted molar refractivity (Wildman–Crippen MR) is 75.5 cm³/mol. The highest BCUT2D eigenvalue weighted by molar-refractivity contribution is 9.13. The third-order valence-corrected chi connectivity index (χ3v) is 5.88. The third kappa shape index (κ3) is 4.55. The summed E-state index contributed by atoms with van der Waals surface area (Å²) in [7, 11) is 0. The monoisotopic (exact) mass is 353 g/mol. The standard InChI is InChI=1S/C11H17Br2NS/c1-11(2,5-6-14)4-3-8-7-9(12)10(13)15-8/h7H,3-6,14H2,1-2H3. The normalized spacial score (nSPS) is 12.1. The SMILES string of the molecule is CC(C)(CCN)CCc1cc(Br)c(Br)s1. The van der Waals surface area contributed by atoms with Crippen molar-refractivity contribution < 1.29 is 0 Å². The van der Waals surface area contributed by atoms with Gasteiger partial charge in [-0.2, -0.15) is 0 Å². The molecular formula is C11H17Br2NS. The van der Waals surface area contributed by atoms with Gasteiger partial charge < -0.3 is 5.73 Å². The van der Waals surface area contributed by atoms with E-state index in [-0.39, 0.29) is 0 Å². The molecule has 0 saturated carbocycles. The van der Waals surface area contributed by atoms with E-state index in [0.29, 0.717) is 5.41 Å². The number of aryl methyl sites for hydroxylation is 1. The van der Waals surface area contributed by atoms with Crippen molar-refractivity contribution in [3.05, 3.63) is 19.2 Å². The summed E-state index contributed by atoms with van der Waals surface area (Å²) in [6, 6.07) is 2.20. The average molecular weight is 355 g/mol. The fourth-order valence-corrected chi connectivity index (χ4v) is 3.67. The van der Waals surface area contributed by atoms with Crippen molar-refractivity contribution in [2.45, 2.75) is 33.1 Å². The van der Waals surface area contributed by atoms with Gasteiger partial charge in [-0.3, -0.25) is 0 Å². The molecule has 0 aromatic carbocycles. The molecule has 0 unspecified atom stereocenters. The smallest absolute Gasteiger partial charge is 0.0843 e. The highest BCUT2D eigenvalue weighted by Gasteiger charge is 2.17. The van der Waals surface area contributed by atoms with Gasteiger partial charge in [0, 0.05) is 9.35 Å². The maximum absolute atomic E-state index is 5.60. The van der Waals surface area contributed by atoms with Gasteiger partial charge in [0.15, 0.2) is 0 Å². The second-order valence-electron chi connectivity index (χ2n) is 4.54. The second kappa shape index (κ2) is 5.80. The molecule has 0 bridgehead atoms. The number of halogens is 2. The molecular weight excluding hydrogens is 338 g/mol. The minimum absolute atomic E-state index is 0.359. The third-order valence-electron chi connectivity index (χ3n) is 2.57. The first-order valence-electron chi connectivity index (χ1n) is 5.08. The molecule has 0 atom stereocenters. The van der Waals surface area contributed by atoms with Crippen LogP contribution in [0.15, 0.2) is 14.3 Å². The van der Waals surface area contributed by atoms with Crippen LogP contribution in [-0.4, -0.2) is 6.54 Å². The van der Waals surface area contributed by atoms with E-state index >= 15 is 0 Å². The summed E-state index contributed by atoms with van der Waals surface area (Å²) in [5.74, 6) is 0. The van der Waals surface area contributed by atoms with Gasteiger partial charge in [-0.25, -0.2) is 0 Å². The summed E-state index contributed by atoms with van der Waals surface area (Å²) in [6.07, 6.45) is 3.44. The quantitative estimate of drug-likeness (QED) is 0.822. The Labute approximate surface area is 113 Å². The lowest BCUT2D eigenvalue weighted by atomic mass is 9.84. The van der Waals surface area contributed by atoms with E-state index in [9.17, 15) is 0 Å². The molecule has 15 heavy (non-hydrogen) atoms. The van der Waals surface area contributed by atoms with Gasteiger partial charge in [-0.15, -0.1) is 11.3 Å². The van der Waals surface area contributed by atoms with Crippen LogP contribution in [0, 0.1) is 5.41 Å². The summed E-state index contributed by atoms with van der Waals surface area (Å²) in [6.45, 7) is 5.36. The van der Waals surface area contributed by atoms with Gasteiger partial charge in [0.25, 0.3) is 0 Å². The van der Waals surface area contributed by atoms with E-state index in [1.165, 1.54) is 19.6 Å². The summed E-state index contributed by atoms with van der Waals surface area (Å²) >= 11 is 8.84. The van der Waals surface area contributed by atoms with E-state index in [2.05, 4.69) is 51.8 Å². The van der Waals surface area contributed by atoms with Crippen molar-refractivity contribution in [1.82, 2.24) is 0 Å². The van der Waals surface area contributed by atoms with Crippen molar-refractivity contribution in [2.24, 2.45) is 11.1 Å². The largest absolute Gasteiger partial charge is 0.330 e. The minimum atomic E-state index is 0.359. The Balaban J connectivity index is 2.49. The highest BCUT2D eigenvalue weighted by Crippen LogP contribution is 2.35. The molecule has 0 aliphatic rings. The summed E-state index contributed by atoms with van der Waals surface area (Å²) in [5, 5.41) is 0. The van der Waals surface area contributed by atoms with E-state index in [4.69, 9.17) is 5.73 Å². The van der Waals surface area contributed by atoms with Crippen molar-refractivity contribution in [3.8, 4) is 0 Å². The van der Waals surface area contributed by atoms with Crippen molar-refractivity contribution in [3.63, 3.8) is 0 Å². The van der Waals surface area contributed by atoms with Gasteiger partial charge in [0.05, 0.1) is 3.79 Å². The molecule has 0 amide bonds. The van der Waals surface area contributed by atoms with Crippen LogP contribution in [0.4, 0.5) is 0 Å². The van der Waals surface area contributed by atoms with Crippen molar-refractivity contribution >= 4 is 43.2 Å². The lowest BCUT2D eigenvalue weighted by Gasteiger charge is -2.23. The Morgan fingerprint density at radius 2 is 2.00 bits per heavy atom. The Morgan fingerprint density at radius 3 is 2.47 bits per heavy atom.